The van der Waals surface area contributed by atoms with Crippen molar-refractivity contribution in [3.63, 3.8) is 0 Å². The number of aryl methyl sites for hydroxylation is 2. The Balaban J connectivity index is 1.97. The first-order valence-corrected chi connectivity index (χ1v) is 6.17. The van der Waals surface area contributed by atoms with Gasteiger partial charge in [0.15, 0.2) is 0 Å². The van der Waals surface area contributed by atoms with Gasteiger partial charge in [-0.05, 0) is 26.8 Å². The third-order valence-corrected chi connectivity index (χ3v) is 2.48. The van der Waals surface area contributed by atoms with Crippen LogP contribution in [0.15, 0.2) is 4.42 Å². The lowest BCUT2D eigenvalue weighted by Crippen LogP contribution is -2.13. The number of nitrogens with zero attached hydrogens (tertiary/aromatic N) is 5. The van der Waals surface area contributed by atoms with Crippen LogP contribution in [0, 0.1) is 13.8 Å². The molecule has 8 nitrogen and oxygen atoms in total. The molecule has 0 amide bonds. The molecular weight excluding hydrogens is 246 g/mol. The zero-order valence-electron chi connectivity index (χ0n) is 11.3. The molecule has 2 heterocycles. The molecule has 8 heteroatoms. The summed E-state index contributed by atoms with van der Waals surface area (Å²) in [6.07, 6.45) is 1.06. The number of hydrogen-bond donors (Lipinski definition) is 2. The molecule has 0 saturated carbocycles. The van der Waals surface area contributed by atoms with Crippen LogP contribution in [0.25, 0.3) is 0 Å². The topological polar surface area (TPSA) is 102 Å². The van der Waals surface area contributed by atoms with Crippen LogP contribution in [0.4, 0.5) is 12.0 Å². The summed E-state index contributed by atoms with van der Waals surface area (Å²) in [5.41, 5.74) is 1.60. The summed E-state index contributed by atoms with van der Waals surface area (Å²) in [5.74, 6) is 0.868. The summed E-state index contributed by atoms with van der Waals surface area (Å²) in [6.45, 7) is 7.27. The molecule has 0 fully saturated rings. The average Bonchev–Trinajstić information content (AvgIpc) is 2.82. The van der Waals surface area contributed by atoms with Crippen molar-refractivity contribution in [1.29, 1.82) is 0 Å². The van der Waals surface area contributed by atoms with Gasteiger partial charge < -0.3 is 9.73 Å². The standard InChI is InChI=1S/C11H17N7O/c1-4-5-12-6-9-16-18-11(19-9)14-10-13-7(2)8(3)15-17-10/h12H,4-6H2,1-3H3,(H,13,14,17,18). The zero-order chi connectivity index (χ0) is 13.7. The molecule has 2 aromatic heterocycles. The molecule has 0 radical (unpaired) electrons. The fourth-order valence-electron chi connectivity index (χ4n) is 1.35. The number of hydrogen-bond acceptors (Lipinski definition) is 8. The van der Waals surface area contributed by atoms with Gasteiger partial charge in [-0.2, -0.15) is 5.10 Å². The van der Waals surface area contributed by atoms with Crippen LogP contribution in [-0.2, 0) is 6.54 Å². The lowest BCUT2D eigenvalue weighted by Gasteiger charge is -2.01. The Morgan fingerprint density at radius 2 is 1.89 bits per heavy atom. The second-order valence-electron chi connectivity index (χ2n) is 4.11. The summed E-state index contributed by atoms with van der Waals surface area (Å²) in [6, 6.07) is 0.262. The molecule has 102 valence electrons. The van der Waals surface area contributed by atoms with Gasteiger partial charge in [0, 0.05) is 0 Å². The Labute approximate surface area is 111 Å². The van der Waals surface area contributed by atoms with Crippen molar-refractivity contribution < 1.29 is 4.42 Å². The fourth-order valence-corrected chi connectivity index (χ4v) is 1.35. The van der Waals surface area contributed by atoms with E-state index >= 15 is 0 Å². The van der Waals surface area contributed by atoms with E-state index < -0.39 is 0 Å². The molecule has 19 heavy (non-hydrogen) atoms. The minimum Gasteiger partial charge on any atom is -0.406 e. The summed E-state index contributed by atoms with van der Waals surface area (Å²) in [7, 11) is 0. The molecule has 0 bridgehead atoms. The Morgan fingerprint density at radius 1 is 1.05 bits per heavy atom. The normalized spacial score (nSPS) is 10.7. The lowest BCUT2D eigenvalue weighted by molar-refractivity contribution is 0.479. The third kappa shape index (κ3) is 3.68. The van der Waals surface area contributed by atoms with Crippen molar-refractivity contribution in [3.05, 3.63) is 17.3 Å². The van der Waals surface area contributed by atoms with Crippen molar-refractivity contribution in [2.75, 3.05) is 11.9 Å². The van der Waals surface area contributed by atoms with E-state index in [-0.39, 0.29) is 6.01 Å². The molecule has 2 aromatic rings. The predicted molar refractivity (Wildman–Crippen MR) is 68.9 cm³/mol. The van der Waals surface area contributed by atoms with Gasteiger partial charge in [0.1, 0.15) is 0 Å². The number of aromatic nitrogens is 5. The van der Waals surface area contributed by atoms with E-state index in [9.17, 15) is 0 Å². The Hall–Kier alpha value is -2.09. The van der Waals surface area contributed by atoms with Crippen LogP contribution >= 0.6 is 0 Å². The molecule has 0 atom stereocenters. The van der Waals surface area contributed by atoms with Crippen molar-refractivity contribution in [1.82, 2.24) is 30.7 Å². The highest BCUT2D eigenvalue weighted by atomic mass is 16.4. The SMILES string of the molecule is CCCNCc1nnc(Nc2nnc(C)c(C)n2)o1. The first-order chi connectivity index (χ1) is 9.19. The molecule has 0 aliphatic heterocycles. The average molecular weight is 263 g/mol. The van der Waals surface area contributed by atoms with Gasteiger partial charge in [-0.3, -0.25) is 5.32 Å². The molecule has 0 saturated heterocycles. The summed E-state index contributed by atoms with van der Waals surface area (Å²) in [4.78, 5) is 4.22. The van der Waals surface area contributed by atoms with Gasteiger partial charge in [0.2, 0.25) is 5.89 Å². The molecule has 0 spiro atoms. The lowest BCUT2D eigenvalue weighted by atomic mass is 10.4. The van der Waals surface area contributed by atoms with Gasteiger partial charge in [-0.25, -0.2) is 4.98 Å². The van der Waals surface area contributed by atoms with Crippen LogP contribution in [-0.4, -0.2) is 31.9 Å². The Morgan fingerprint density at radius 3 is 2.63 bits per heavy atom. The van der Waals surface area contributed by atoms with Gasteiger partial charge in [0.25, 0.3) is 5.95 Å². The van der Waals surface area contributed by atoms with E-state index in [2.05, 4.69) is 42.9 Å². The molecule has 0 aliphatic rings. The largest absolute Gasteiger partial charge is 0.406 e. The predicted octanol–water partition coefficient (Wildman–Crippen LogP) is 1.11. The number of nitrogens with one attached hydrogen (secondary N) is 2. The second-order valence-corrected chi connectivity index (χ2v) is 4.11. The smallest absolute Gasteiger partial charge is 0.322 e. The Kier molecular flexibility index (Phi) is 4.35. The van der Waals surface area contributed by atoms with Crippen molar-refractivity contribution in [2.45, 2.75) is 33.7 Å². The van der Waals surface area contributed by atoms with Crippen LogP contribution in [0.3, 0.4) is 0 Å². The number of rotatable bonds is 6. The highest BCUT2D eigenvalue weighted by Crippen LogP contribution is 2.11. The zero-order valence-corrected chi connectivity index (χ0v) is 11.3. The van der Waals surface area contributed by atoms with Crippen LogP contribution in [0.5, 0.6) is 0 Å². The van der Waals surface area contributed by atoms with Crippen LogP contribution in [0.1, 0.15) is 30.6 Å². The maximum absolute atomic E-state index is 5.40. The summed E-state index contributed by atoms with van der Waals surface area (Å²) in [5, 5.41) is 21.6. The van der Waals surface area contributed by atoms with Crippen molar-refractivity contribution in [3.8, 4) is 0 Å². The van der Waals surface area contributed by atoms with Gasteiger partial charge in [-0.15, -0.1) is 10.2 Å². The van der Waals surface area contributed by atoms with Gasteiger partial charge >= 0.3 is 6.01 Å². The van der Waals surface area contributed by atoms with Gasteiger partial charge in [0.05, 0.1) is 17.9 Å². The molecule has 0 unspecified atom stereocenters. The van der Waals surface area contributed by atoms with Crippen LogP contribution < -0.4 is 10.6 Å². The highest BCUT2D eigenvalue weighted by molar-refractivity contribution is 5.38. The van der Waals surface area contributed by atoms with E-state index in [1.54, 1.807) is 0 Å². The quantitative estimate of drug-likeness (QED) is 0.747. The maximum atomic E-state index is 5.40. The monoisotopic (exact) mass is 263 g/mol. The molecule has 2 rings (SSSR count). The summed E-state index contributed by atoms with van der Waals surface area (Å²) < 4.78 is 5.40. The minimum atomic E-state index is 0.262. The second kappa shape index (κ2) is 6.19. The highest BCUT2D eigenvalue weighted by Gasteiger charge is 2.08. The van der Waals surface area contributed by atoms with Gasteiger partial charge in [-0.1, -0.05) is 12.0 Å². The molecular formula is C11H17N7O. The minimum absolute atomic E-state index is 0.262. The van der Waals surface area contributed by atoms with E-state index in [0.29, 0.717) is 18.4 Å². The van der Waals surface area contributed by atoms with Crippen LogP contribution in [0.2, 0.25) is 0 Å². The van der Waals surface area contributed by atoms with Crippen molar-refractivity contribution >= 4 is 12.0 Å². The molecule has 2 N–H and O–H groups in total. The summed E-state index contributed by atoms with van der Waals surface area (Å²) >= 11 is 0. The van der Waals surface area contributed by atoms with E-state index in [1.165, 1.54) is 0 Å². The molecule has 0 aromatic carbocycles. The van der Waals surface area contributed by atoms with E-state index in [0.717, 1.165) is 24.4 Å². The maximum Gasteiger partial charge on any atom is 0.322 e. The van der Waals surface area contributed by atoms with E-state index in [1.807, 2.05) is 13.8 Å². The third-order valence-electron chi connectivity index (χ3n) is 2.48. The van der Waals surface area contributed by atoms with Crippen molar-refractivity contribution in [2.24, 2.45) is 0 Å². The first kappa shape index (κ1) is 13.3. The number of anilines is 2. The molecule has 0 aliphatic carbocycles. The van der Waals surface area contributed by atoms with E-state index in [4.69, 9.17) is 4.42 Å². The fraction of sp³-hybridized carbons (Fsp3) is 0.545. The first-order valence-electron chi connectivity index (χ1n) is 6.17. The Bertz CT molecular complexity index is 540.